The summed E-state index contributed by atoms with van der Waals surface area (Å²) < 4.78 is 12.0. The molecule has 0 saturated heterocycles. The number of imidazole rings is 1. The summed E-state index contributed by atoms with van der Waals surface area (Å²) in [7, 11) is 0. The zero-order valence-electron chi connectivity index (χ0n) is 14.1. The molecule has 0 radical (unpaired) electrons. The minimum absolute atomic E-state index is 0.0336. The lowest BCUT2D eigenvalue weighted by Crippen LogP contribution is -2.56. The van der Waals surface area contributed by atoms with E-state index >= 15 is 0 Å². The van der Waals surface area contributed by atoms with Crippen LogP contribution in [0.1, 0.15) is 20.3 Å². The Hall–Kier alpha value is -2.50. The Morgan fingerprint density at radius 2 is 2.24 bits per heavy atom. The molecule has 0 aromatic carbocycles. The SMILES string of the molecule is CC(C)C(N)(OCn1cnc2c(=O)[nH]c(N)nc21)C(=O)OCCCO. The molecule has 2 heterocycles. The van der Waals surface area contributed by atoms with Crippen molar-refractivity contribution >= 4 is 23.1 Å². The third-order valence-corrected chi connectivity index (χ3v) is 3.65. The number of H-pyrrole nitrogens is 1. The zero-order valence-corrected chi connectivity index (χ0v) is 14.1. The molecule has 0 bridgehead atoms. The molecule has 2 aromatic rings. The molecule has 0 aliphatic rings. The fourth-order valence-electron chi connectivity index (χ4n) is 2.05. The smallest absolute Gasteiger partial charge is 0.353 e. The van der Waals surface area contributed by atoms with Crippen LogP contribution in [0.3, 0.4) is 0 Å². The average Bonchev–Trinajstić information content (AvgIpc) is 2.95. The van der Waals surface area contributed by atoms with Crippen molar-refractivity contribution < 1.29 is 19.4 Å². The second-order valence-corrected chi connectivity index (χ2v) is 5.77. The number of nitrogen functional groups attached to an aromatic ring is 1. The van der Waals surface area contributed by atoms with Gasteiger partial charge >= 0.3 is 5.97 Å². The number of nitrogens with one attached hydrogen (secondary N) is 1. The Balaban J connectivity index is 2.19. The van der Waals surface area contributed by atoms with Crippen LogP contribution in [-0.2, 0) is 21.0 Å². The Bertz CT molecular complexity index is 801. The van der Waals surface area contributed by atoms with Gasteiger partial charge in [-0.25, -0.2) is 9.78 Å². The van der Waals surface area contributed by atoms with Gasteiger partial charge < -0.3 is 20.3 Å². The van der Waals surface area contributed by atoms with Gasteiger partial charge in [0.2, 0.25) is 11.7 Å². The maximum Gasteiger partial charge on any atom is 0.353 e. The summed E-state index contributed by atoms with van der Waals surface area (Å²) in [5.41, 5.74) is 9.73. The van der Waals surface area contributed by atoms with E-state index in [0.717, 1.165) is 0 Å². The molecule has 1 unspecified atom stereocenters. The van der Waals surface area contributed by atoms with E-state index in [9.17, 15) is 9.59 Å². The van der Waals surface area contributed by atoms with Crippen LogP contribution < -0.4 is 17.0 Å². The highest BCUT2D eigenvalue weighted by Crippen LogP contribution is 2.19. The highest BCUT2D eigenvalue weighted by Gasteiger charge is 2.40. The number of carbonyl (C=O) groups is 1. The highest BCUT2D eigenvalue weighted by atomic mass is 16.6. The Labute approximate surface area is 142 Å². The van der Waals surface area contributed by atoms with Crippen LogP contribution in [0.15, 0.2) is 11.1 Å². The Kier molecular flexibility index (Phi) is 5.72. The predicted molar refractivity (Wildman–Crippen MR) is 88.1 cm³/mol. The zero-order chi connectivity index (χ0) is 18.6. The number of nitrogens with two attached hydrogens (primary N) is 2. The van der Waals surface area contributed by atoms with Crippen molar-refractivity contribution in [3.8, 4) is 0 Å². The summed E-state index contributed by atoms with van der Waals surface area (Å²) in [6.07, 6.45) is 1.64. The van der Waals surface area contributed by atoms with Crippen molar-refractivity contribution in [2.75, 3.05) is 18.9 Å². The summed E-state index contributed by atoms with van der Waals surface area (Å²) >= 11 is 0. The molecule has 11 heteroatoms. The lowest BCUT2D eigenvalue weighted by Gasteiger charge is -2.31. The van der Waals surface area contributed by atoms with Gasteiger partial charge in [0.1, 0.15) is 6.73 Å². The molecular weight excluding hydrogens is 332 g/mol. The van der Waals surface area contributed by atoms with Gasteiger partial charge in [0.05, 0.1) is 12.9 Å². The van der Waals surface area contributed by atoms with E-state index < -0.39 is 23.2 Å². The maximum absolute atomic E-state index is 12.2. The van der Waals surface area contributed by atoms with E-state index in [0.29, 0.717) is 6.42 Å². The third kappa shape index (κ3) is 3.95. The van der Waals surface area contributed by atoms with Gasteiger partial charge in [-0.3, -0.25) is 20.1 Å². The van der Waals surface area contributed by atoms with E-state index in [2.05, 4.69) is 15.0 Å². The number of aromatic nitrogens is 4. The fraction of sp³-hybridized carbons (Fsp3) is 0.571. The van der Waals surface area contributed by atoms with E-state index in [4.69, 9.17) is 26.0 Å². The van der Waals surface area contributed by atoms with Gasteiger partial charge in [-0.05, 0) is 0 Å². The van der Waals surface area contributed by atoms with Crippen molar-refractivity contribution in [2.45, 2.75) is 32.7 Å². The molecule has 0 fully saturated rings. The molecule has 2 rings (SSSR count). The van der Waals surface area contributed by atoms with E-state index in [1.54, 1.807) is 13.8 Å². The molecule has 25 heavy (non-hydrogen) atoms. The van der Waals surface area contributed by atoms with Gasteiger partial charge in [0, 0.05) is 18.9 Å². The molecule has 6 N–H and O–H groups in total. The largest absolute Gasteiger partial charge is 0.462 e. The average molecular weight is 354 g/mol. The first-order chi connectivity index (χ1) is 11.8. The summed E-state index contributed by atoms with van der Waals surface area (Å²) in [6, 6.07) is 0. The summed E-state index contributed by atoms with van der Waals surface area (Å²) in [6.45, 7) is 3.17. The van der Waals surface area contributed by atoms with Crippen molar-refractivity contribution in [1.29, 1.82) is 0 Å². The maximum atomic E-state index is 12.2. The second-order valence-electron chi connectivity index (χ2n) is 5.77. The number of anilines is 1. The Morgan fingerprint density at radius 3 is 2.88 bits per heavy atom. The number of hydrogen-bond acceptors (Lipinski definition) is 9. The minimum atomic E-state index is -1.71. The van der Waals surface area contributed by atoms with Gasteiger partial charge in [-0.2, -0.15) is 4.98 Å². The van der Waals surface area contributed by atoms with E-state index in [-0.39, 0.29) is 37.1 Å². The molecule has 0 aliphatic carbocycles. The van der Waals surface area contributed by atoms with Crippen LogP contribution in [-0.4, -0.2) is 49.5 Å². The van der Waals surface area contributed by atoms with Gasteiger partial charge in [0.15, 0.2) is 11.2 Å². The lowest BCUT2D eigenvalue weighted by atomic mass is 10.0. The third-order valence-electron chi connectivity index (χ3n) is 3.65. The van der Waals surface area contributed by atoms with Gasteiger partial charge in [-0.15, -0.1) is 0 Å². The number of aromatic amines is 1. The lowest BCUT2D eigenvalue weighted by molar-refractivity contribution is -0.185. The normalized spacial score (nSPS) is 14.0. The van der Waals surface area contributed by atoms with Crippen LogP contribution in [0, 0.1) is 5.92 Å². The first-order valence-electron chi connectivity index (χ1n) is 7.71. The number of nitrogens with zero attached hydrogens (tertiary/aromatic N) is 3. The monoisotopic (exact) mass is 354 g/mol. The standard InChI is InChI=1S/C14H22N6O5/c1-8(2)14(16,12(23)24-5-3-4-21)25-7-20-6-17-9-10(20)18-13(15)19-11(9)22/h6,8,21H,3-5,7,16H2,1-2H3,(H3,15,18,19,22). The predicted octanol–water partition coefficient (Wildman–Crippen LogP) is -1.09. The Morgan fingerprint density at radius 1 is 1.52 bits per heavy atom. The van der Waals surface area contributed by atoms with Crippen LogP contribution in [0.4, 0.5) is 5.95 Å². The number of aliphatic hydroxyl groups is 1. The highest BCUT2D eigenvalue weighted by molar-refractivity contribution is 5.79. The number of carbonyl (C=O) groups excluding carboxylic acids is 1. The molecule has 0 amide bonds. The van der Waals surface area contributed by atoms with Gasteiger partial charge in [-0.1, -0.05) is 13.8 Å². The van der Waals surface area contributed by atoms with Crippen molar-refractivity contribution in [3.05, 3.63) is 16.7 Å². The van der Waals surface area contributed by atoms with Crippen LogP contribution in [0.5, 0.6) is 0 Å². The van der Waals surface area contributed by atoms with Crippen LogP contribution in [0.25, 0.3) is 11.2 Å². The summed E-state index contributed by atoms with van der Waals surface area (Å²) in [5, 5.41) is 8.76. The quantitative estimate of drug-likeness (QED) is 0.261. The summed E-state index contributed by atoms with van der Waals surface area (Å²) in [4.78, 5) is 34.3. The van der Waals surface area contributed by atoms with Crippen molar-refractivity contribution in [1.82, 2.24) is 19.5 Å². The first-order valence-corrected chi connectivity index (χ1v) is 7.71. The molecule has 138 valence electrons. The van der Waals surface area contributed by atoms with Crippen LogP contribution >= 0.6 is 0 Å². The molecule has 2 aromatic heterocycles. The molecule has 0 saturated carbocycles. The molecule has 1 atom stereocenters. The minimum Gasteiger partial charge on any atom is -0.462 e. The number of fused-ring (bicyclic) bond motifs is 1. The van der Waals surface area contributed by atoms with E-state index in [1.165, 1.54) is 10.9 Å². The van der Waals surface area contributed by atoms with E-state index in [1.807, 2.05) is 0 Å². The molecule has 0 spiro atoms. The van der Waals surface area contributed by atoms with Crippen LogP contribution in [0.2, 0.25) is 0 Å². The number of aliphatic hydroxyl groups excluding tert-OH is 1. The topological polar surface area (TPSA) is 171 Å². The van der Waals surface area contributed by atoms with Gasteiger partial charge in [0.25, 0.3) is 5.56 Å². The first kappa shape index (κ1) is 18.8. The molecule has 0 aliphatic heterocycles. The number of ether oxygens (including phenoxy) is 2. The number of esters is 1. The number of hydrogen-bond donors (Lipinski definition) is 4. The summed E-state index contributed by atoms with van der Waals surface area (Å²) in [5.74, 6) is -1.21. The fourth-order valence-corrected chi connectivity index (χ4v) is 2.05. The molecule has 11 nitrogen and oxygen atoms in total. The molecular formula is C14H22N6O5. The van der Waals surface area contributed by atoms with Crippen molar-refractivity contribution in [2.24, 2.45) is 11.7 Å². The number of rotatable bonds is 8. The second kappa shape index (κ2) is 7.59. The van der Waals surface area contributed by atoms with Crippen molar-refractivity contribution in [3.63, 3.8) is 0 Å².